The number of hydrogen-bond acceptors (Lipinski definition) is 3. The van der Waals surface area contributed by atoms with Crippen LogP contribution in [0.15, 0.2) is 12.1 Å². The summed E-state index contributed by atoms with van der Waals surface area (Å²) >= 11 is 0. The van der Waals surface area contributed by atoms with Gasteiger partial charge < -0.3 is 4.74 Å². The first-order valence-corrected chi connectivity index (χ1v) is 3.64. The van der Waals surface area contributed by atoms with Crippen LogP contribution in [0.5, 0.6) is 5.75 Å². The predicted molar refractivity (Wildman–Crippen MR) is 43.9 cm³/mol. The van der Waals surface area contributed by atoms with E-state index in [1.165, 1.54) is 7.11 Å². The second-order valence-electron chi connectivity index (χ2n) is 2.46. The lowest BCUT2D eigenvalue weighted by Gasteiger charge is -2.06. The fourth-order valence-electron chi connectivity index (χ4n) is 0.972. The topological polar surface area (TPSA) is 47.3 Å². The minimum Gasteiger partial charge on any atom is -0.494 e. The molecular weight excluding hydrogens is 178 g/mol. The van der Waals surface area contributed by atoms with Crippen molar-refractivity contribution >= 4 is 0 Å². The Morgan fingerprint density at radius 1 is 1.38 bits per heavy atom. The maximum absolute atomic E-state index is 13.1. The van der Waals surface area contributed by atoms with Crippen molar-refractivity contribution in [3.05, 3.63) is 29.3 Å². The van der Waals surface area contributed by atoms with E-state index >= 15 is 0 Å². The molecule has 0 aromatic heterocycles. The molecule has 1 rings (SSSR count). The van der Waals surface area contributed by atoms with Crippen LogP contribution < -0.4 is 16.0 Å². The van der Waals surface area contributed by atoms with Gasteiger partial charge in [-0.15, -0.1) is 0 Å². The van der Waals surface area contributed by atoms with E-state index in [1.807, 2.05) is 0 Å². The first kappa shape index (κ1) is 9.88. The molecule has 3 N–H and O–H groups in total. The van der Waals surface area contributed by atoms with Crippen LogP contribution >= 0.6 is 0 Å². The lowest BCUT2D eigenvalue weighted by molar-refractivity contribution is 0.381. The maximum Gasteiger partial charge on any atom is 0.165 e. The molecule has 0 bridgehead atoms. The van der Waals surface area contributed by atoms with Crippen molar-refractivity contribution in [3.63, 3.8) is 0 Å². The molecule has 0 saturated heterocycles. The number of hydrogen-bond donors (Lipinski definition) is 2. The van der Waals surface area contributed by atoms with E-state index in [2.05, 4.69) is 10.2 Å². The lowest BCUT2D eigenvalue weighted by atomic mass is 10.2. The highest BCUT2D eigenvalue weighted by molar-refractivity contribution is 5.30. The Morgan fingerprint density at radius 2 is 2.08 bits per heavy atom. The number of nitrogens with one attached hydrogen (secondary N) is 1. The van der Waals surface area contributed by atoms with Crippen molar-refractivity contribution < 1.29 is 13.5 Å². The summed E-state index contributed by atoms with van der Waals surface area (Å²) in [6.07, 6.45) is 0. The summed E-state index contributed by atoms with van der Waals surface area (Å²) in [4.78, 5) is 0. The van der Waals surface area contributed by atoms with Crippen molar-refractivity contribution in [2.45, 2.75) is 6.54 Å². The zero-order valence-corrected chi connectivity index (χ0v) is 7.10. The van der Waals surface area contributed by atoms with Crippen LogP contribution in [0.25, 0.3) is 0 Å². The highest BCUT2D eigenvalue weighted by Gasteiger charge is 2.09. The van der Waals surface area contributed by atoms with Crippen molar-refractivity contribution in [1.29, 1.82) is 0 Å². The van der Waals surface area contributed by atoms with Crippen LogP contribution in [-0.2, 0) is 6.54 Å². The molecule has 13 heavy (non-hydrogen) atoms. The fourth-order valence-corrected chi connectivity index (χ4v) is 0.972. The molecule has 0 amide bonds. The van der Waals surface area contributed by atoms with E-state index < -0.39 is 11.6 Å². The molecule has 0 heterocycles. The van der Waals surface area contributed by atoms with Gasteiger partial charge in [0.15, 0.2) is 11.6 Å². The summed E-state index contributed by atoms with van der Waals surface area (Å²) < 4.78 is 30.6. The van der Waals surface area contributed by atoms with Crippen molar-refractivity contribution in [3.8, 4) is 5.75 Å². The molecule has 72 valence electrons. The number of methoxy groups -OCH3 is 1. The Labute approximate surface area is 74.5 Å². The van der Waals surface area contributed by atoms with Gasteiger partial charge in [-0.25, -0.2) is 8.78 Å². The Bertz CT molecular complexity index is 304. The van der Waals surface area contributed by atoms with Gasteiger partial charge in [0.1, 0.15) is 5.82 Å². The second-order valence-corrected chi connectivity index (χ2v) is 2.46. The van der Waals surface area contributed by atoms with E-state index in [4.69, 9.17) is 5.84 Å². The van der Waals surface area contributed by atoms with E-state index in [1.54, 1.807) is 0 Å². The van der Waals surface area contributed by atoms with E-state index in [0.717, 1.165) is 12.1 Å². The molecule has 3 nitrogen and oxygen atoms in total. The number of halogens is 2. The molecule has 0 saturated carbocycles. The average Bonchev–Trinajstić information content (AvgIpc) is 2.11. The number of ether oxygens (including phenoxy) is 1. The van der Waals surface area contributed by atoms with Gasteiger partial charge in [-0.05, 0) is 6.07 Å². The summed E-state index contributed by atoms with van der Waals surface area (Å²) in [5.74, 6) is 3.72. The first-order chi connectivity index (χ1) is 6.19. The van der Waals surface area contributed by atoms with Crippen molar-refractivity contribution in [1.82, 2.24) is 5.43 Å². The Hall–Kier alpha value is -1.20. The highest BCUT2D eigenvalue weighted by Crippen LogP contribution is 2.20. The lowest BCUT2D eigenvalue weighted by Crippen LogP contribution is -2.21. The van der Waals surface area contributed by atoms with Gasteiger partial charge in [0.25, 0.3) is 0 Å². The number of nitrogens with two attached hydrogens (primary N) is 1. The van der Waals surface area contributed by atoms with Gasteiger partial charge >= 0.3 is 0 Å². The van der Waals surface area contributed by atoms with Crippen LogP contribution in [0.1, 0.15) is 5.56 Å². The molecule has 1 aromatic rings. The smallest absolute Gasteiger partial charge is 0.165 e. The molecule has 0 aliphatic rings. The van der Waals surface area contributed by atoms with Crippen molar-refractivity contribution in [2.75, 3.05) is 7.11 Å². The van der Waals surface area contributed by atoms with Crippen molar-refractivity contribution in [2.24, 2.45) is 5.84 Å². The Kier molecular flexibility index (Phi) is 3.16. The summed E-state index contributed by atoms with van der Waals surface area (Å²) in [7, 11) is 1.28. The SMILES string of the molecule is COc1cc(F)c(CNN)cc1F. The maximum atomic E-state index is 13.1. The monoisotopic (exact) mass is 188 g/mol. The van der Waals surface area contributed by atoms with E-state index in [-0.39, 0.29) is 17.9 Å². The summed E-state index contributed by atoms with van der Waals surface area (Å²) in [6, 6.07) is 2.04. The summed E-state index contributed by atoms with van der Waals surface area (Å²) in [5.41, 5.74) is 2.41. The van der Waals surface area contributed by atoms with Crippen LogP contribution in [-0.4, -0.2) is 7.11 Å². The third-order valence-corrected chi connectivity index (χ3v) is 1.61. The molecule has 0 fully saturated rings. The largest absolute Gasteiger partial charge is 0.494 e. The standard InChI is InChI=1S/C8H10F2N2O/c1-13-8-3-6(9)5(4-12-11)2-7(8)10/h2-3,12H,4,11H2,1H3. The number of rotatable bonds is 3. The van der Waals surface area contributed by atoms with Crippen LogP contribution in [0.4, 0.5) is 8.78 Å². The van der Waals surface area contributed by atoms with Gasteiger partial charge in [0, 0.05) is 18.2 Å². The molecular formula is C8H10F2N2O. The number of hydrazine groups is 1. The normalized spacial score (nSPS) is 10.2. The van der Waals surface area contributed by atoms with E-state index in [9.17, 15) is 8.78 Å². The summed E-state index contributed by atoms with van der Waals surface area (Å²) in [6.45, 7) is 0.0761. The number of benzene rings is 1. The molecule has 0 spiro atoms. The first-order valence-electron chi connectivity index (χ1n) is 3.64. The minimum atomic E-state index is -0.603. The summed E-state index contributed by atoms with van der Waals surface area (Å²) in [5, 5.41) is 0. The molecule has 0 aliphatic heterocycles. The molecule has 0 aliphatic carbocycles. The van der Waals surface area contributed by atoms with E-state index in [0.29, 0.717) is 0 Å². The van der Waals surface area contributed by atoms with Gasteiger partial charge in [-0.2, -0.15) is 0 Å². The Morgan fingerprint density at radius 3 is 2.62 bits per heavy atom. The third kappa shape index (κ3) is 2.13. The average molecular weight is 188 g/mol. The molecule has 1 aromatic carbocycles. The third-order valence-electron chi connectivity index (χ3n) is 1.61. The quantitative estimate of drug-likeness (QED) is 0.548. The zero-order chi connectivity index (χ0) is 9.84. The van der Waals surface area contributed by atoms with Gasteiger partial charge in [0.05, 0.1) is 7.11 Å². The Balaban J connectivity index is 3.05. The fraction of sp³-hybridized carbons (Fsp3) is 0.250. The molecule has 0 unspecified atom stereocenters. The van der Waals surface area contributed by atoms with Gasteiger partial charge in [-0.3, -0.25) is 11.3 Å². The van der Waals surface area contributed by atoms with Gasteiger partial charge in [0.2, 0.25) is 0 Å². The molecule has 5 heteroatoms. The van der Waals surface area contributed by atoms with Crippen LogP contribution in [0.3, 0.4) is 0 Å². The van der Waals surface area contributed by atoms with Crippen LogP contribution in [0.2, 0.25) is 0 Å². The van der Waals surface area contributed by atoms with Crippen LogP contribution in [0, 0.1) is 11.6 Å². The molecule has 0 radical (unpaired) electrons. The van der Waals surface area contributed by atoms with Gasteiger partial charge in [-0.1, -0.05) is 0 Å². The second kappa shape index (κ2) is 4.15. The molecule has 0 atom stereocenters. The highest BCUT2D eigenvalue weighted by atomic mass is 19.1. The zero-order valence-electron chi connectivity index (χ0n) is 7.10. The predicted octanol–water partition coefficient (Wildman–Crippen LogP) is 0.937. The minimum absolute atomic E-state index is 0.0761.